The summed E-state index contributed by atoms with van der Waals surface area (Å²) in [5.41, 5.74) is 3.52. The van der Waals surface area contributed by atoms with E-state index in [9.17, 15) is 0 Å². The van der Waals surface area contributed by atoms with Gasteiger partial charge in [-0.05, 0) is 44.0 Å². The van der Waals surface area contributed by atoms with Gasteiger partial charge in [-0.15, -0.1) is 0 Å². The van der Waals surface area contributed by atoms with Crippen molar-refractivity contribution in [3.8, 4) is 0 Å². The van der Waals surface area contributed by atoms with Crippen LogP contribution in [0.3, 0.4) is 0 Å². The van der Waals surface area contributed by atoms with E-state index in [4.69, 9.17) is 4.98 Å². The van der Waals surface area contributed by atoms with Crippen LogP contribution in [0, 0.1) is 12.8 Å². The van der Waals surface area contributed by atoms with E-state index in [1.165, 1.54) is 30.8 Å². The highest BCUT2D eigenvalue weighted by Crippen LogP contribution is 2.28. The molecule has 1 N–H and O–H groups in total. The summed E-state index contributed by atoms with van der Waals surface area (Å²) in [6, 6.07) is 4.95. The van der Waals surface area contributed by atoms with Crippen molar-refractivity contribution in [1.82, 2.24) is 19.6 Å². The van der Waals surface area contributed by atoms with Crippen molar-refractivity contribution < 1.29 is 0 Å². The second kappa shape index (κ2) is 4.32. The third kappa shape index (κ3) is 1.95. The van der Waals surface area contributed by atoms with Gasteiger partial charge in [-0.2, -0.15) is 0 Å². The maximum absolute atomic E-state index is 4.73. The van der Waals surface area contributed by atoms with Crippen LogP contribution in [0.5, 0.6) is 0 Å². The van der Waals surface area contributed by atoms with Crippen LogP contribution in [-0.2, 0) is 6.54 Å². The van der Waals surface area contributed by atoms with E-state index in [2.05, 4.69) is 46.1 Å². The first kappa shape index (κ1) is 11.4. The quantitative estimate of drug-likeness (QED) is 0.882. The number of aryl methyl sites for hydroxylation is 1. The molecule has 0 aliphatic carbocycles. The SMILES string of the molecule is Cc1ccc2nc(CN3CC[C@@H]4CNC[C@@H]43)cn2c1. The topological polar surface area (TPSA) is 32.6 Å². The minimum absolute atomic E-state index is 0.728. The maximum Gasteiger partial charge on any atom is 0.137 e. The summed E-state index contributed by atoms with van der Waals surface area (Å²) in [7, 11) is 0. The zero-order valence-electron chi connectivity index (χ0n) is 11.3. The van der Waals surface area contributed by atoms with Crippen molar-refractivity contribution in [3.63, 3.8) is 0 Å². The molecular weight excluding hydrogens is 236 g/mol. The molecule has 2 saturated heterocycles. The molecule has 4 heteroatoms. The van der Waals surface area contributed by atoms with Gasteiger partial charge in [0.1, 0.15) is 5.65 Å². The highest BCUT2D eigenvalue weighted by atomic mass is 15.2. The molecule has 2 fully saturated rings. The second-order valence-electron chi connectivity index (χ2n) is 5.95. The van der Waals surface area contributed by atoms with Crippen LogP contribution in [0.15, 0.2) is 24.5 Å². The van der Waals surface area contributed by atoms with Gasteiger partial charge in [0.15, 0.2) is 0 Å². The predicted octanol–water partition coefficient (Wildman–Crippen LogP) is 1.44. The summed E-state index contributed by atoms with van der Waals surface area (Å²) in [4.78, 5) is 7.33. The Bertz CT molecular complexity index is 603. The molecule has 4 nitrogen and oxygen atoms in total. The normalized spacial score (nSPS) is 27.2. The molecule has 2 atom stereocenters. The molecule has 2 aromatic heterocycles. The van der Waals surface area contributed by atoms with Crippen LogP contribution in [0.4, 0.5) is 0 Å². The van der Waals surface area contributed by atoms with E-state index in [0.717, 1.165) is 30.7 Å². The van der Waals surface area contributed by atoms with Gasteiger partial charge in [-0.25, -0.2) is 4.98 Å². The molecular formula is C15H20N4. The summed E-state index contributed by atoms with van der Waals surface area (Å²) in [6.07, 6.45) is 5.66. The molecule has 100 valence electrons. The van der Waals surface area contributed by atoms with Gasteiger partial charge in [0.05, 0.1) is 5.69 Å². The Morgan fingerprint density at radius 3 is 3.21 bits per heavy atom. The summed E-state index contributed by atoms with van der Waals surface area (Å²) >= 11 is 0. The average Bonchev–Trinajstić information content (AvgIpc) is 3.05. The number of nitrogens with one attached hydrogen (secondary N) is 1. The number of likely N-dealkylation sites (tertiary alicyclic amines) is 1. The van der Waals surface area contributed by atoms with Gasteiger partial charge in [-0.1, -0.05) is 6.07 Å². The van der Waals surface area contributed by atoms with E-state index in [-0.39, 0.29) is 0 Å². The molecule has 0 radical (unpaired) electrons. The Kier molecular flexibility index (Phi) is 2.60. The van der Waals surface area contributed by atoms with Gasteiger partial charge >= 0.3 is 0 Å². The largest absolute Gasteiger partial charge is 0.315 e. The Morgan fingerprint density at radius 2 is 2.26 bits per heavy atom. The van der Waals surface area contributed by atoms with Gasteiger partial charge < -0.3 is 9.72 Å². The molecule has 0 amide bonds. The van der Waals surface area contributed by atoms with E-state index in [1.807, 2.05) is 0 Å². The lowest BCUT2D eigenvalue weighted by atomic mass is 10.1. The molecule has 0 spiro atoms. The summed E-state index contributed by atoms with van der Waals surface area (Å²) in [6.45, 7) is 6.69. The summed E-state index contributed by atoms with van der Waals surface area (Å²) in [5.74, 6) is 0.860. The van der Waals surface area contributed by atoms with Crippen LogP contribution in [-0.4, -0.2) is 40.0 Å². The van der Waals surface area contributed by atoms with Crippen molar-refractivity contribution in [3.05, 3.63) is 35.8 Å². The van der Waals surface area contributed by atoms with Gasteiger partial charge in [0, 0.05) is 31.5 Å². The zero-order chi connectivity index (χ0) is 12.8. The number of imidazole rings is 1. The second-order valence-corrected chi connectivity index (χ2v) is 5.95. The van der Waals surface area contributed by atoms with Crippen molar-refractivity contribution >= 4 is 5.65 Å². The first-order valence-electron chi connectivity index (χ1n) is 7.18. The van der Waals surface area contributed by atoms with Crippen molar-refractivity contribution in [2.45, 2.75) is 25.9 Å². The minimum Gasteiger partial charge on any atom is -0.315 e. The molecule has 0 bridgehead atoms. The standard InChI is InChI=1S/C15H20N4/c1-11-2-3-15-17-13(10-19(15)8-11)9-18-5-4-12-6-16-7-14(12)18/h2-3,8,10,12,14,16H,4-7,9H2,1H3/t12-,14+/m1/s1. The number of hydrogen-bond acceptors (Lipinski definition) is 3. The Morgan fingerprint density at radius 1 is 1.32 bits per heavy atom. The highest BCUT2D eigenvalue weighted by molar-refractivity contribution is 5.41. The Hall–Kier alpha value is -1.39. The molecule has 2 aromatic rings. The van der Waals surface area contributed by atoms with E-state index < -0.39 is 0 Å². The van der Waals surface area contributed by atoms with Crippen molar-refractivity contribution in [1.29, 1.82) is 0 Å². The smallest absolute Gasteiger partial charge is 0.137 e. The molecule has 4 rings (SSSR count). The fraction of sp³-hybridized carbons (Fsp3) is 0.533. The number of aromatic nitrogens is 2. The fourth-order valence-corrected chi connectivity index (χ4v) is 3.57. The molecule has 2 aliphatic heterocycles. The maximum atomic E-state index is 4.73. The summed E-state index contributed by atoms with van der Waals surface area (Å²) in [5, 5.41) is 3.51. The molecule has 0 unspecified atom stereocenters. The number of rotatable bonds is 2. The van der Waals surface area contributed by atoms with Crippen LogP contribution >= 0.6 is 0 Å². The average molecular weight is 256 g/mol. The van der Waals surface area contributed by atoms with Crippen LogP contribution in [0.2, 0.25) is 0 Å². The lowest BCUT2D eigenvalue weighted by Crippen LogP contribution is -2.33. The number of fused-ring (bicyclic) bond motifs is 2. The third-order valence-corrected chi connectivity index (χ3v) is 4.57. The first-order chi connectivity index (χ1) is 9.29. The molecule has 0 saturated carbocycles. The monoisotopic (exact) mass is 256 g/mol. The van der Waals surface area contributed by atoms with Crippen LogP contribution < -0.4 is 5.32 Å². The summed E-state index contributed by atoms with van der Waals surface area (Å²) < 4.78 is 2.14. The molecule has 0 aromatic carbocycles. The van der Waals surface area contributed by atoms with Crippen LogP contribution in [0.1, 0.15) is 17.7 Å². The predicted molar refractivity (Wildman–Crippen MR) is 75.1 cm³/mol. The molecule has 4 heterocycles. The fourth-order valence-electron chi connectivity index (χ4n) is 3.57. The molecule has 19 heavy (non-hydrogen) atoms. The zero-order valence-corrected chi connectivity index (χ0v) is 11.3. The van der Waals surface area contributed by atoms with E-state index in [1.54, 1.807) is 0 Å². The van der Waals surface area contributed by atoms with Gasteiger partial charge in [-0.3, -0.25) is 4.90 Å². The van der Waals surface area contributed by atoms with Crippen LogP contribution in [0.25, 0.3) is 5.65 Å². The minimum atomic E-state index is 0.728. The Balaban J connectivity index is 1.58. The van der Waals surface area contributed by atoms with E-state index in [0.29, 0.717) is 0 Å². The highest BCUT2D eigenvalue weighted by Gasteiger charge is 2.37. The number of nitrogens with zero attached hydrogens (tertiary/aromatic N) is 3. The number of pyridine rings is 1. The van der Waals surface area contributed by atoms with E-state index >= 15 is 0 Å². The van der Waals surface area contributed by atoms with Crippen molar-refractivity contribution in [2.75, 3.05) is 19.6 Å². The first-order valence-corrected chi connectivity index (χ1v) is 7.18. The Labute approximate surface area is 113 Å². The van der Waals surface area contributed by atoms with Crippen molar-refractivity contribution in [2.24, 2.45) is 5.92 Å². The van der Waals surface area contributed by atoms with Gasteiger partial charge in [0.25, 0.3) is 0 Å². The lowest BCUT2D eigenvalue weighted by molar-refractivity contribution is 0.241. The third-order valence-electron chi connectivity index (χ3n) is 4.57. The lowest BCUT2D eigenvalue weighted by Gasteiger charge is -2.21. The number of hydrogen-bond donors (Lipinski definition) is 1. The molecule has 2 aliphatic rings. The van der Waals surface area contributed by atoms with Gasteiger partial charge in [0.2, 0.25) is 0 Å².